The van der Waals surface area contributed by atoms with Crippen LogP contribution in [0.3, 0.4) is 0 Å². The molecule has 0 aliphatic heterocycles. The maximum absolute atomic E-state index is 6.39. The molecule has 0 aromatic heterocycles. The van der Waals surface area contributed by atoms with E-state index in [0.29, 0.717) is 0 Å². The van der Waals surface area contributed by atoms with E-state index < -0.39 is 34.0 Å². The summed E-state index contributed by atoms with van der Waals surface area (Å²) in [6.45, 7) is 58.6. The van der Waals surface area contributed by atoms with Gasteiger partial charge < -0.3 is 0 Å². The fourth-order valence-corrected chi connectivity index (χ4v) is 25.2. The molecule has 0 aliphatic carbocycles. The third kappa shape index (κ3) is 11.2. The molecule has 12 nitrogen and oxygen atoms in total. The van der Waals surface area contributed by atoms with Gasteiger partial charge in [0.05, 0.1) is 0 Å². The average molecular weight is 816 g/mol. The molecule has 0 aromatic rings. The van der Waals surface area contributed by atoms with Crippen LogP contribution in [0.5, 0.6) is 0 Å². The summed E-state index contributed by atoms with van der Waals surface area (Å²) in [6.07, 6.45) is 0. The largest absolute Gasteiger partial charge is 0.431 e. The Morgan fingerprint density at radius 1 is 0.231 bits per heavy atom. The summed E-state index contributed by atoms with van der Waals surface area (Å²) < 4.78 is 43.4. The lowest BCUT2D eigenvalue weighted by atomic mass is 10.7. The molecule has 0 aliphatic rings. The van der Waals surface area contributed by atoms with Gasteiger partial charge in [-0.2, -0.15) is 0 Å². The molecule has 0 rings (SSSR count). The molecule has 0 bridgehead atoms. The van der Waals surface area contributed by atoms with Crippen molar-refractivity contribution in [3.8, 4) is 0 Å². The minimum atomic E-state index is -2.46. The molecule has 0 saturated heterocycles. The van der Waals surface area contributed by atoms with E-state index in [2.05, 4.69) is 167 Å². The third-order valence-electron chi connectivity index (χ3n) is 10.5. The van der Waals surface area contributed by atoms with E-state index in [1.807, 2.05) is 0 Å². The lowest BCUT2D eigenvalue weighted by Crippen LogP contribution is -2.43. The first kappa shape index (κ1) is 52.7. The zero-order valence-corrected chi connectivity index (χ0v) is 41.3. The average Bonchev–Trinajstić information content (AvgIpc) is 3.15. The van der Waals surface area contributed by atoms with E-state index >= 15 is 0 Å². The Balaban J connectivity index is 10.0. The predicted octanol–water partition coefficient (Wildman–Crippen LogP) is 10.3. The zero-order chi connectivity index (χ0) is 40.1. The summed E-state index contributed by atoms with van der Waals surface area (Å²) >= 11 is -0.999. The quantitative estimate of drug-likeness (QED) is 0.0521. The first-order valence-corrected chi connectivity index (χ1v) is 27.3. The van der Waals surface area contributed by atoms with Crippen molar-refractivity contribution in [2.45, 2.75) is 125 Å². The molecular weight excluding hydrogens is 725 g/mol. The van der Waals surface area contributed by atoms with Gasteiger partial charge in [-0.15, -0.1) is 0 Å². The van der Waals surface area contributed by atoms with Gasteiger partial charge >= 0.3 is 11.5 Å². The lowest BCUT2D eigenvalue weighted by molar-refractivity contribution is 0.339. The Morgan fingerprint density at radius 3 is 0.404 bits per heavy atom. The van der Waals surface area contributed by atoms with Crippen LogP contribution in [-0.2, 0) is 11.5 Å². The standard InChI is InChI=1S/C36H90N12P3S/c1-19-40(20-2)49(41(21-3)22-4,42(23-5)24-6)37-52(38-50(43(25-7)26-8,44(27-9)28-10)45(29-11)30-12)39-51(46(31-13)32-14,47(33-15)34-16)48(35-17)36-18/h19-36H2,1-18H3/q+1. The number of rotatable bonds is 30. The monoisotopic (exact) mass is 816 g/mol. The van der Waals surface area contributed by atoms with Crippen LogP contribution in [0.2, 0.25) is 0 Å². The molecule has 0 radical (unpaired) electrons. The molecule has 0 saturated carbocycles. The first-order chi connectivity index (χ1) is 25.0. The molecule has 52 heavy (non-hydrogen) atoms. The van der Waals surface area contributed by atoms with Crippen molar-refractivity contribution in [3.63, 3.8) is 0 Å². The minimum Gasteiger partial charge on any atom is -0.243 e. The molecule has 0 heterocycles. The summed E-state index contributed by atoms with van der Waals surface area (Å²) in [4.78, 5) is 0. The van der Waals surface area contributed by atoms with Crippen molar-refractivity contribution < 1.29 is 0 Å². The fourth-order valence-electron chi connectivity index (χ4n) is 7.85. The molecule has 0 atom stereocenters. The Labute approximate surface area is 329 Å². The molecule has 0 aromatic carbocycles. The van der Waals surface area contributed by atoms with Crippen LogP contribution >= 0.6 is 22.5 Å². The van der Waals surface area contributed by atoms with Crippen molar-refractivity contribution in [3.05, 3.63) is 0 Å². The van der Waals surface area contributed by atoms with Crippen LogP contribution in [-0.4, -0.2) is 160 Å². The predicted molar refractivity (Wildman–Crippen MR) is 242 cm³/mol. The second-order valence-corrected chi connectivity index (χ2v) is 23.1. The van der Waals surface area contributed by atoms with E-state index in [9.17, 15) is 0 Å². The lowest BCUT2D eigenvalue weighted by Gasteiger charge is -2.48. The van der Waals surface area contributed by atoms with E-state index in [1.54, 1.807) is 0 Å². The molecular formula is C36H90N12P3S+. The SMILES string of the molecule is CCN(CC)P(=N[S+](N=P(N(CC)CC)(N(CC)CC)N(CC)CC)N=P(N(CC)CC)(N(CC)CC)N(CC)CC)(N(CC)CC)N(CC)CC. The second kappa shape index (κ2) is 27.3. The molecule has 16 heteroatoms. The van der Waals surface area contributed by atoms with Gasteiger partial charge in [0.25, 0.3) is 0 Å². The van der Waals surface area contributed by atoms with Crippen LogP contribution in [0.4, 0.5) is 0 Å². The summed E-state index contributed by atoms with van der Waals surface area (Å²) in [5, 5.41) is 0. The van der Waals surface area contributed by atoms with Gasteiger partial charge in [0.2, 0.25) is 22.5 Å². The van der Waals surface area contributed by atoms with Crippen molar-refractivity contribution in [2.75, 3.05) is 118 Å². The van der Waals surface area contributed by atoms with Gasteiger partial charge in [-0.1, -0.05) is 125 Å². The van der Waals surface area contributed by atoms with Gasteiger partial charge in [0.1, 0.15) is 0 Å². The van der Waals surface area contributed by atoms with Crippen molar-refractivity contribution in [2.24, 2.45) is 12.5 Å². The van der Waals surface area contributed by atoms with Crippen LogP contribution in [0.1, 0.15) is 125 Å². The smallest absolute Gasteiger partial charge is 0.243 e. The van der Waals surface area contributed by atoms with Crippen LogP contribution in [0.25, 0.3) is 0 Å². The number of hydrogen-bond acceptors (Lipinski definition) is 3. The molecule has 0 amide bonds. The minimum absolute atomic E-state index is 0.933. The van der Waals surface area contributed by atoms with E-state index in [4.69, 9.17) is 12.5 Å². The van der Waals surface area contributed by atoms with Crippen LogP contribution < -0.4 is 0 Å². The third-order valence-corrected chi connectivity index (χ3v) is 26.8. The maximum Gasteiger partial charge on any atom is 0.431 e. The summed E-state index contributed by atoms with van der Waals surface area (Å²) in [5.74, 6) is 0. The van der Waals surface area contributed by atoms with Crippen molar-refractivity contribution in [1.29, 1.82) is 0 Å². The molecule has 314 valence electrons. The van der Waals surface area contributed by atoms with Crippen LogP contribution in [0.15, 0.2) is 12.5 Å². The molecule has 0 unspecified atom stereocenters. The van der Waals surface area contributed by atoms with E-state index in [-0.39, 0.29) is 0 Å². The van der Waals surface area contributed by atoms with Crippen molar-refractivity contribution >= 4 is 34.0 Å². The second-order valence-electron chi connectivity index (χ2n) is 12.4. The maximum atomic E-state index is 6.39. The Bertz CT molecular complexity index is 829. The van der Waals surface area contributed by atoms with Crippen molar-refractivity contribution in [1.82, 2.24) is 42.0 Å². The fraction of sp³-hybridized carbons (Fsp3) is 1.00. The highest BCUT2D eigenvalue weighted by Gasteiger charge is 2.50. The van der Waals surface area contributed by atoms with Gasteiger partial charge in [0.15, 0.2) is 0 Å². The molecule has 0 fully saturated rings. The van der Waals surface area contributed by atoms with Gasteiger partial charge in [0, 0.05) is 130 Å². The summed E-state index contributed by atoms with van der Waals surface area (Å²) in [7, 11) is -7.39. The van der Waals surface area contributed by atoms with Gasteiger partial charge in [-0.25, -0.2) is 42.0 Å². The molecule has 0 spiro atoms. The van der Waals surface area contributed by atoms with Crippen LogP contribution in [0, 0.1) is 0 Å². The van der Waals surface area contributed by atoms with E-state index in [1.165, 1.54) is 0 Å². The first-order valence-electron chi connectivity index (χ1n) is 21.4. The summed E-state index contributed by atoms with van der Waals surface area (Å²) in [5.41, 5.74) is 0. The number of nitrogens with zero attached hydrogens (tertiary/aromatic N) is 12. The zero-order valence-electron chi connectivity index (χ0n) is 37.8. The Hall–Kier alpha value is 0.680. The molecule has 0 N–H and O–H groups in total. The van der Waals surface area contributed by atoms with Gasteiger partial charge in [-0.05, 0) is 0 Å². The Kier molecular flexibility index (Phi) is 27.7. The summed E-state index contributed by atoms with van der Waals surface area (Å²) in [6, 6.07) is 0. The van der Waals surface area contributed by atoms with Gasteiger partial charge in [-0.3, -0.25) is 0 Å². The highest BCUT2D eigenvalue weighted by molar-refractivity contribution is 8.01. The number of hydrogen-bond donors (Lipinski definition) is 0. The highest BCUT2D eigenvalue weighted by atomic mass is 32.2. The topological polar surface area (TPSA) is 66.2 Å². The normalized spacial score (nSPS) is 13.6. The Morgan fingerprint density at radius 2 is 0.327 bits per heavy atom. The van der Waals surface area contributed by atoms with E-state index in [0.717, 1.165) is 118 Å². The highest BCUT2D eigenvalue weighted by Crippen LogP contribution is 2.67.